The molecular formula is C14H23BrN2OS. The van der Waals surface area contributed by atoms with Gasteiger partial charge in [0.2, 0.25) is 0 Å². The van der Waals surface area contributed by atoms with Gasteiger partial charge in [0.05, 0.1) is 12.1 Å². The van der Waals surface area contributed by atoms with Gasteiger partial charge in [-0.3, -0.25) is 4.90 Å². The number of thiophene rings is 1. The van der Waals surface area contributed by atoms with Crippen LogP contribution in [0.25, 0.3) is 0 Å². The summed E-state index contributed by atoms with van der Waals surface area (Å²) in [4.78, 5) is 4.99. The summed E-state index contributed by atoms with van der Waals surface area (Å²) in [5.74, 6) is 0. The van der Waals surface area contributed by atoms with Crippen LogP contribution in [0.1, 0.15) is 35.1 Å². The number of halogens is 1. The topological polar surface area (TPSA) is 38.5 Å². The molecule has 2 unspecified atom stereocenters. The molecule has 108 valence electrons. The second kappa shape index (κ2) is 7.18. The lowest BCUT2D eigenvalue weighted by molar-refractivity contribution is -0.00755. The monoisotopic (exact) mass is 346 g/mol. The van der Waals surface area contributed by atoms with Crippen molar-refractivity contribution >= 4 is 27.3 Å². The van der Waals surface area contributed by atoms with Crippen molar-refractivity contribution in [1.82, 2.24) is 4.90 Å². The van der Waals surface area contributed by atoms with Gasteiger partial charge < -0.3 is 10.5 Å². The summed E-state index contributed by atoms with van der Waals surface area (Å²) < 4.78 is 7.01. The number of rotatable bonds is 5. The van der Waals surface area contributed by atoms with Gasteiger partial charge in [0.15, 0.2) is 0 Å². The van der Waals surface area contributed by atoms with E-state index in [9.17, 15) is 0 Å². The van der Waals surface area contributed by atoms with Crippen LogP contribution in [-0.2, 0) is 4.74 Å². The molecule has 1 aromatic rings. The molecule has 0 amide bonds. The molecule has 0 aliphatic carbocycles. The van der Waals surface area contributed by atoms with Gasteiger partial charge in [-0.1, -0.05) is 0 Å². The van der Waals surface area contributed by atoms with Crippen LogP contribution in [-0.4, -0.2) is 37.7 Å². The molecule has 0 radical (unpaired) electrons. The molecule has 5 heteroatoms. The van der Waals surface area contributed by atoms with Crippen molar-refractivity contribution in [2.24, 2.45) is 5.73 Å². The molecule has 2 N–H and O–H groups in total. The van der Waals surface area contributed by atoms with Gasteiger partial charge in [-0.05, 0) is 55.2 Å². The SMILES string of the molecule is Cc1sc(C(CN)N(C)CC2CCCCO2)cc1Br. The average Bonchev–Trinajstić information content (AvgIpc) is 2.71. The Morgan fingerprint density at radius 2 is 2.37 bits per heavy atom. The molecular weight excluding hydrogens is 324 g/mol. The molecule has 0 spiro atoms. The minimum atomic E-state index is 0.292. The van der Waals surface area contributed by atoms with Crippen LogP contribution < -0.4 is 5.73 Å². The number of hydrogen-bond acceptors (Lipinski definition) is 4. The molecule has 2 heterocycles. The first kappa shape index (κ1) is 15.4. The van der Waals surface area contributed by atoms with Crippen molar-refractivity contribution in [2.45, 2.75) is 38.3 Å². The maximum atomic E-state index is 5.98. The van der Waals surface area contributed by atoms with E-state index in [2.05, 4.69) is 40.9 Å². The van der Waals surface area contributed by atoms with Crippen molar-refractivity contribution in [2.75, 3.05) is 26.7 Å². The van der Waals surface area contributed by atoms with Gasteiger partial charge in [0.25, 0.3) is 0 Å². The first-order valence-corrected chi connectivity index (χ1v) is 8.50. The number of hydrogen-bond donors (Lipinski definition) is 1. The third-order valence-electron chi connectivity index (χ3n) is 3.73. The summed E-state index contributed by atoms with van der Waals surface area (Å²) in [6.45, 7) is 4.66. The maximum absolute atomic E-state index is 5.98. The predicted molar refractivity (Wildman–Crippen MR) is 84.8 cm³/mol. The van der Waals surface area contributed by atoms with Crippen LogP contribution >= 0.6 is 27.3 Å². The minimum absolute atomic E-state index is 0.292. The van der Waals surface area contributed by atoms with Gasteiger partial charge in [-0.25, -0.2) is 0 Å². The lowest BCUT2D eigenvalue weighted by Gasteiger charge is -2.31. The largest absolute Gasteiger partial charge is 0.377 e. The van der Waals surface area contributed by atoms with Crippen molar-refractivity contribution in [3.8, 4) is 0 Å². The van der Waals surface area contributed by atoms with E-state index in [0.717, 1.165) is 13.2 Å². The fourth-order valence-corrected chi connectivity index (χ4v) is 4.30. The Morgan fingerprint density at radius 1 is 1.58 bits per heavy atom. The number of aryl methyl sites for hydroxylation is 1. The normalized spacial score (nSPS) is 21.8. The second-order valence-electron chi connectivity index (χ2n) is 5.23. The molecule has 1 fully saturated rings. The number of nitrogens with zero attached hydrogens (tertiary/aromatic N) is 1. The van der Waals surface area contributed by atoms with E-state index in [4.69, 9.17) is 10.5 Å². The molecule has 1 saturated heterocycles. The van der Waals surface area contributed by atoms with Crippen LogP contribution in [0.5, 0.6) is 0 Å². The lowest BCUT2D eigenvalue weighted by Crippen LogP contribution is -2.38. The number of likely N-dealkylation sites (N-methyl/N-ethyl adjacent to an activating group) is 1. The van der Waals surface area contributed by atoms with Crippen molar-refractivity contribution < 1.29 is 4.74 Å². The highest BCUT2D eigenvalue weighted by molar-refractivity contribution is 9.10. The molecule has 2 rings (SSSR count). The third-order valence-corrected chi connectivity index (χ3v) is 5.96. The first-order chi connectivity index (χ1) is 9.11. The summed E-state index contributed by atoms with van der Waals surface area (Å²) in [7, 11) is 2.15. The molecule has 1 aromatic heterocycles. The number of nitrogens with two attached hydrogens (primary N) is 1. The molecule has 0 aromatic carbocycles. The van der Waals surface area contributed by atoms with Gasteiger partial charge in [-0.2, -0.15) is 0 Å². The van der Waals surface area contributed by atoms with E-state index in [-0.39, 0.29) is 0 Å². The standard InChI is InChI=1S/C14H23BrN2OS/c1-10-12(15)7-14(19-10)13(8-16)17(2)9-11-5-3-4-6-18-11/h7,11,13H,3-6,8-9,16H2,1-2H3. The average molecular weight is 347 g/mol. The fourth-order valence-electron chi connectivity index (χ4n) is 2.56. The van der Waals surface area contributed by atoms with Gasteiger partial charge in [0.1, 0.15) is 0 Å². The third kappa shape index (κ3) is 4.02. The van der Waals surface area contributed by atoms with Crippen LogP contribution in [0, 0.1) is 6.92 Å². The molecule has 0 saturated carbocycles. The quantitative estimate of drug-likeness (QED) is 0.888. The Kier molecular flexibility index (Phi) is 5.84. The molecule has 2 atom stereocenters. The van der Waals surface area contributed by atoms with Crippen LogP contribution in [0.4, 0.5) is 0 Å². The summed E-state index contributed by atoms with van der Waals surface area (Å²) in [5.41, 5.74) is 5.98. The van der Waals surface area contributed by atoms with Gasteiger partial charge >= 0.3 is 0 Å². The predicted octanol–water partition coefficient (Wildman–Crippen LogP) is 3.32. The minimum Gasteiger partial charge on any atom is -0.377 e. The maximum Gasteiger partial charge on any atom is 0.0702 e. The molecule has 1 aliphatic heterocycles. The lowest BCUT2D eigenvalue weighted by atomic mass is 10.1. The van der Waals surface area contributed by atoms with Crippen molar-refractivity contribution in [3.63, 3.8) is 0 Å². The molecule has 3 nitrogen and oxygen atoms in total. The Labute approximate surface area is 128 Å². The molecule has 1 aliphatic rings. The highest BCUT2D eigenvalue weighted by Gasteiger charge is 2.23. The summed E-state index contributed by atoms with van der Waals surface area (Å²) in [5, 5.41) is 0. The fraction of sp³-hybridized carbons (Fsp3) is 0.714. The van der Waals surface area contributed by atoms with Crippen molar-refractivity contribution in [1.29, 1.82) is 0 Å². The zero-order valence-corrected chi connectivity index (χ0v) is 14.1. The second-order valence-corrected chi connectivity index (χ2v) is 7.37. The van der Waals surface area contributed by atoms with Gasteiger partial charge in [-0.15, -0.1) is 11.3 Å². The van der Waals surface area contributed by atoms with Crippen molar-refractivity contribution in [3.05, 3.63) is 20.3 Å². The Bertz CT molecular complexity index is 385. The van der Waals surface area contributed by atoms with E-state index >= 15 is 0 Å². The van der Waals surface area contributed by atoms with Crippen LogP contribution in [0.2, 0.25) is 0 Å². The first-order valence-electron chi connectivity index (χ1n) is 6.89. The number of ether oxygens (including phenoxy) is 1. The van der Waals surface area contributed by atoms with E-state index < -0.39 is 0 Å². The van der Waals surface area contributed by atoms with Crippen LogP contribution in [0.3, 0.4) is 0 Å². The smallest absolute Gasteiger partial charge is 0.0702 e. The summed E-state index contributed by atoms with van der Waals surface area (Å²) >= 11 is 5.42. The summed E-state index contributed by atoms with van der Waals surface area (Å²) in [6.07, 6.45) is 4.04. The van der Waals surface area contributed by atoms with Crippen LogP contribution in [0.15, 0.2) is 10.5 Å². The summed E-state index contributed by atoms with van der Waals surface area (Å²) in [6, 6.07) is 2.50. The Morgan fingerprint density at radius 3 is 2.89 bits per heavy atom. The van der Waals surface area contributed by atoms with E-state index in [0.29, 0.717) is 18.7 Å². The van der Waals surface area contributed by atoms with E-state index in [1.165, 1.54) is 33.5 Å². The zero-order valence-electron chi connectivity index (χ0n) is 11.7. The Balaban J connectivity index is 1.99. The highest BCUT2D eigenvalue weighted by Crippen LogP contribution is 2.32. The van der Waals surface area contributed by atoms with E-state index in [1.807, 2.05) is 11.3 Å². The van der Waals surface area contributed by atoms with E-state index in [1.54, 1.807) is 0 Å². The Hall–Kier alpha value is 0.0600. The molecule has 19 heavy (non-hydrogen) atoms. The zero-order chi connectivity index (χ0) is 13.8. The molecule has 0 bridgehead atoms. The van der Waals surface area contributed by atoms with Gasteiger partial charge in [0, 0.05) is 33.9 Å². The highest BCUT2D eigenvalue weighted by atomic mass is 79.9.